The molecule has 114 valence electrons. The molecule has 1 aliphatic rings. The molecule has 0 heterocycles. The lowest BCUT2D eigenvalue weighted by atomic mass is 9.87. The van der Waals surface area contributed by atoms with Crippen molar-refractivity contribution in [1.82, 2.24) is 0 Å². The predicted molar refractivity (Wildman–Crippen MR) is 90.2 cm³/mol. The van der Waals surface area contributed by atoms with Gasteiger partial charge in [0.25, 0.3) is 5.91 Å². The van der Waals surface area contributed by atoms with Crippen LogP contribution in [-0.2, 0) is 19.3 Å². The fourth-order valence-electron chi connectivity index (χ4n) is 2.95. The Balaban J connectivity index is 1.74. The van der Waals surface area contributed by atoms with E-state index >= 15 is 0 Å². The molecule has 1 aliphatic carbocycles. The van der Waals surface area contributed by atoms with E-state index < -0.39 is 0 Å². The largest absolute Gasteiger partial charge is 0.327 e. The number of anilines is 1. The SMILES string of the molecule is CCc1ccc(NC(=O)c2ccc3c(c2)CC[C@H](N)C3)cc1. The summed E-state index contributed by atoms with van der Waals surface area (Å²) in [6.45, 7) is 2.12. The second-order valence-corrected chi connectivity index (χ2v) is 5.99. The molecule has 2 aromatic rings. The number of hydrogen-bond donors (Lipinski definition) is 2. The molecule has 1 atom stereocenters. The Labute approximate surface area is 131 Å². The summed E-state index contributed by atoms with van der Waals surface area (Å²) in [5.41, 5.74) is 11.4. The second kappa shape index (κ2) is 6.32. The summed E-state index contributed by atoms with van der Waals surface area (Å²) >= 11 is 0. The zero-order valence-electron chi connectivity index (χ0n) is 12.9. The van der Waals surface area contributed by atoms with Gasteiger partial charge in [0.1, 0.15) is 0 Å². The van der Waals surface area contributed by atoms with Crippen molar-refractivity contribution in [1.29, 1.82) is 0 Å². The van der Waals surface area contributed by atoms with Crippen molar-refractivity contribution in [2.24, 2.45) is 5.73 Å². The van der Waals surface area contributed by atoms with Crippen molar-refractivity contribution in [3.8, 4) is 0 Å². The maximum absolute atomic E-state index is 12.4. The first-order valence-corrected chi connectivity index (χ1v) is 7.93. The average molecular weight is 294 g/mol. The molecule has 0 spiro atoms. The molecular formula is C19H22N2O. The molecule has 22 heavy (non-hydrogen) atoms. The first-order chi connectivity index (χ1) is 10.7. The molecule has 0 unspecified atom stereocenters. The first-order valence-electron chi connectivity index (χ1n) is 7.93. The van der Waals surface area contributed by atoms with Crippen molar-refractivity contribution in [2.45, 2.75) is 38.6 Å². The van der Waals surface area contributed by atoms with Crippen LogP contribution in [0.15, 0.2) is 42.5 Å². The number of hydrogen-bond acceptors (Lipinski definition) is 2. The van der Waals surface area contributed by atoms with Crippen molar-refractivity contribution in [3.05, 3.63) is 64.7 Å². The standard InChI is InChI=1S/C19H22N2O/c1-2-13-3-9-18(10-4-13)21-19(22)16-6-5-15-12-17(20)8-7-14(15)11-16/h3-6,9-11,17H,2,7-8,12,20H2,1H3,(H,21,22)/t17-/m0/s1. The van der Waals surface area contributed by atoms with Crippen LogP contribution in [-0.4, -0.2) is 11.9 Å². The third-order valence-corrected chi connectivity index (χ3v) is 4.36. The molecule has 0 saturated carbocycles. The number of aryl methyl sites for hydroxylation is 2. The molecule has 0 aliphatic heterocycles. The lowest BCUT2D eigenvalue weighted by Crippen LogP contribution is -2.28. The van der Waals surface area contributed by atoms with E-state index in [4.69, 9.17) is 5.73 Å². The summed E-state index contributed by atoms with van der Waals surface area (Å²) in [6.07, 6.45) is 3.87. The second-order valence-electron chi connectivity index (χ2n) is 5.99. The van der Waals surface area contributed by atoms with E-state index in [0.717, 1.165) is 31.4 Å². The van der Waals surface area contributed by atoms with Crippen molar-refractivity contribution >= 4 is 11.6 Å². The zero-order chi connectivity index (χ0) is 15.5. The average Bonchev–Trinajstić information content (AvgIpc) is 2.55. The lowest BCUT2D eigenvalue weighted by Gasteiger charge is -2.21. The number of rotatable bonds is 3. The summed E-state index contributed by atoms with van der Waals surface area (Å²) in [6, 6.07) is 14.2. The molecule has 3 heteroatoms. The maximum atomic E-state index is 12.4. The third kappa shape index (κ3) is 3.20. The fourth-order valence-corrected chi connectivity index (χ4v) is 2.95. The highest BCUT2D eigenvalue weighted by Gasteiger charge is 2.17. The Morgan fingerprint density at radius 2 is 1.95 bits per heavy atom. The molecule has 0 saturated heterocycles. The van der Waals surface area contributed by atoms with Crippen LogP contribution in [0.5, 0.6) is 0 Å². The van der Waals surface area contributed by atoms with Gasteiger partial charge in [0, 0.05) is 17.3 Å². The van der Waals surface area contributed by atoms with Gasteiger partial charge in [-0.15, -0.1) is 0 Å². The quantitative estimate of drug-likeness (QED) is 0.912. The van der Waals surface area contributed by atoms with E-state index in [1.807, 2.05) is 42.5 Å². The van der Waals surface area contributed by atoms with Crippen molar-refractivity contribution in [3.63, 3.8) is 0 Å². The van der Waals surface area contributed by atoms with Gasteiger partial charge in [-0.25, -0.2) is 0 Å². The molecule has 0 bridgehead atoms. The van der Waals surface area contributed by atoms with Crippen LogP contribution in [0.3, 0.4) is 0 Å². The number of carbonyl (C=O) groups excluding carboxylic acids is 1. The summed E-state index contributed by atoms with van der Waals surface area (Å²) in [4.78, 5) is 12.4. The van der Waals surface area contributed by atoms with Gasteiger partial charge < -0.3 is 11.1 Å². The summed E-state index contributed by atoms with van der Waals surface area (Å²) in [7, 11) is 0. The van der Waals surface area contributed by atoms with Gasteiger partial charge in [-0.3, -0.25) is 4.79 Å². The predicted octanol–water partition coefficient (Wildman–Crippen LogP) is 3.32. The van der Waals surface area contributed by atoms with E-state index in [-0.39, 0.29) is 11.9 Å². The highest BCUT2D eigenvalue weighted by atomic mass is 16.1. The Bertz CT molecular complexity index is 676. The molecule has 0 radical (unpaired) electrons. The Morgan fingerprint density at radius 3 is 2.68 bits per heavy atom. The van der Waals surface area contributed by atoms with E-state index in [1.165, 1.54) is 16.7 Å². The molecule has 1 amide bonds. The Kier molecular flexibility index (Phi) is 4.25. The minimum absolute atomic E-state index is 0.0538. The molecular weight excluding hydrogens is 272 g/mol. The number of benzene rings is 2. The highest BCUT2D eigenvalue weighted by molar-refractivity contribution is 6.04. The van der Waals surface area contributed by atoms with Gasteiger partial charge in [0.05, 0.1) is 0 Å². The van der Waals surface area contributed by atoms with E-state index in [0.29, 0.717) is 5.56 Å². The highest BCUT2D eigenvalue weighted by Crippen LogP contribution is 2.22. The molecule has 2 aromatic carbocycles. The van der Waals surface area contributed by atoms with Gasteiger partial charge in [0.15, 0.2) is 0 Å². The first kappa shape index (κ1) is 14.8. The molecule has 3 nitrogen and oxygen atoms in total. The van der Waals surface area contributed by atoms with Crippen LogP contribution in [0.1, 0.15) is 40.4 Å². The number of nitrogens with one attached hydrogen (secondary N) is 1. The van der Waals surface area contributed by atoms with Gasteiger partial charge in [0.2, 0.25) is 0 Å². The smallest absolute Gasteiger partial charge is 0.255 e. The van der Waals surface area contributed by atoms with Crippen LogP contribution in [0, 0.1) is 0 Å². The third-order valence-electron chi connectivity index (χ3n) is 4.36. The van der Waals surface area contributed by atoms with Crippen LogP contribution in [0.4, 0.5) is 5.69 Å². The van der Waals surface area contributed by atoms with Gasteiger partial charge in [-0.05, 0) is 66.6 Å². The summed E-state index contributed by atoms with van der Waals surface area (Å²) in [5.74, 6) is -0.0538. The lowest BCUT2D eigenvalue weighted by molar-refractivity contribution is 0.102. The topological polar surface area (TPSA) is 55.1 Å². The Hall–Kier alpha value is -2.13. The molecule has 3 rings (SSSR count). The van der Waals surface area contributed by atoms with Crippen molar-refractivity contribution in [2.75, 3.05) is 5.32 Å². The maximum Gasteiger partial charge on any atom is 0.255 e. The number of carbonyl (C=O) groups is 1. The normalized spacial score (nSPS) is 16.9. The van der Waals surface area contributed by atoms with Crippen LogP contribution >= 0.6 is 0 Å². The fraction of sp³-hybridized carbons (Fsp3) is 0.316. The van der Waals surface area contributed by atoms with Gasteiger partial charge in [-0.1, -0.05) is 25.1 Å². The Morgan fingerprint density at radius 1 is 1.18 bits per heavy atom. The van der Waals surface area contributed by atoms with Gasteiger partial charge in [-0.2, -0.15) is 0 Å². The number of nitrogens with two attached hydrogens (primary N) is 1. The molecule has 0 aromatic heterocycles. The summed E-state index contributed by atoms with van der Waals surface area (Å²) in [5, 5.41) is 2.96. The van der Waals surface area contributed by atoms with E-state index in [1.54, 1.807) is 0 Å². The van der Waals surface area contributed by atoms with E-state index in [2.05, 4.69) is 12.2 Å². The zero-order valence-corrected chi connectivity index (χ0v) is 12.9. The van der Waals surface area contributed by atoms with Crippen molar-refractivity contribution < 1.29 is 4.79 Å². The van der Waals surface area contributed by atoms with E-state index in [9.17, 15) is 4.79 Å². The minimum Gasteiger partial charge on any atom is -0.327 e. The van der Waals surface area contributed by atoms with Crippen LogP contribution < -0.4 is 11.1 Å². The monoisotopic (exact) mass is 294 g/mol. The minimum atomic E-state index is -0.0538. The number of amides is 1. The van der Waals surface area contributed by atoms with Gasteiger partial charge >= 0.3 is 0 Å². The molecule has 3 N–H and O–H groups in total. The molecule has 0 fully saturated rings. The summed E-state index contributed by atoms with van der Waals surface area (Å²) < 4.78 is 0. The van der Waals surface area contributed by atoms with Crippen LogP contribution in [0.2, 0.25) is 0 Å². The number of fused-ring (bicyclic) bond motifs is 1. The van der Waals surface area contributed by atoms with Crippen LogP contribution in [0.25, 0.3) is 0 Å².